The van der Waals surface area contributed by atoms with E-state index in [2.05, 4.69) is 488 Å². The van der Waals surface area contributed by atoms with Crippen LogP contribution >= 0.6 is 11.3 Å². The summed E-state index contributed by atoms with van der Waals surface area (Å²) in [5.74, 6) is 0. The minimum atomic E-state index is 1.17. The van der Waals surface area contributed by atoms with E-state index in [4.69, 9.17) is 0 Å². The van der Waals surface area contributed by atoms with Crippen molar-refractivity contribution in [3.05, 3.63) is 461 Å². The monoisotopic (exact) mass is 1630 g/mol. The van der Waals surface area contributed by atoms with Gasteiger partial charge in [-0.3, -0.25) is 0 Å². The van der Waals surface area contributed by atoms with Gasteiger partial charge in [-0.15, -0.1) is 11.3 Å². The number of aromatic nitrogens is 6. The number of rotatable bonds is 8. The molecule has 0 aliphatic carbocycles. The summed E-state index contributed by atoms with van der Waals surface area (Å²) in [6.07, 6.45) is 0. The lowest BCUT2D eigenvalue weighted by atomic mass is 9.94. The maximum absolute atomic E-state index is 2.50. The highest BCUT2D eigenvalue weighted by atomic mass is 32.1. The summed E-state index contributed by atoms with van der Waals surface area (Å²) in [5, 5.41) is 25.6. The Morgan fingerprint density at radius 1 is 0.134 bits per heavy atom. The van der Waals surface area contributed by atoms with Gasteiger partial charge in [-0.25, -0.2) is 0 Å². The number of thiophene rings is 1. The molecule has 0 saturated heterocycles. The van der Waals surface area contributed by atoms with Gasteiger partial charge in [0.15, 0.2) is 0 Å². The number of hydrogen-bond acceptors (Lipinski definition) is 1. The molecule has 7 heteroatoms. The van der Waals surface area contributed by atoms with Crippen LogP contribution in [0.2, 0.25) is 0 Å². The van der Waals surface area contributed by atoms with Crippen LogP contribution < -0.4 is 0 Å². The van der Waals surface area contributed by atoms with Crippen LogP contribution in [0.15, 0.2) is 461 Å². The lowest BCUT2D eigenvalue weighted by Crippen LogP contribution is -1.95. The SMILES string of the molecule is c1ccc(-c2ccc(-n3c4ccccc4c4cc5c(cc43)c3ccccc3n5-c3ccccc3)cc2)cc1.c1ccc(-c2cccc3c2sc2c(-n4c5ccccc5c5c6c7ccccc7n(-c7ccccc7)c6ccc54)cccc23)cc1.c1ccc(-n2c3ccccc3c3cc4c(cc32)c2ccccc2n4-c2ccc3c4ccccc4c4ccccc4c3c2)cc1. The van der Waals surface area contributed by atoms with Crippen molar-refractivity contribution >= 4 is 195 Å². The van der Waals surface area contributed by atoms with Crippen LogP contribution in [0.5, 0.6) is 0 Å². The molecular formula is C120H76N6S. The molecule has 0 radical (unpaired) electrons. The molecular weight excluding hydrogens is 1560 g/mol. The van der Waals surface area contributed by atoms with Crippen molar-refractivity contribution in [2.75, 3.05) is 0 Å². The summed E-state index contributed by atoms with van der Waals surface area (Å²) in [6.45, 7) is 0. The van der Waals surface area contributed by atoms with E-state index < -0.39 is 0 Å². The highest BCUT2D eigenvalue weighted by Crippen LogP contribution is 2.49. The first kappa shape index (κ1) is 72.1. The molecule has 21 aromatic carbocycles. The van der Waals surface area contributed by atoms with Gasteiger partial charge >= 0.3 is 0 Å². The molecule has 0 atom stereocenters. The molecule has 0 spiro atoms. The van der Waals surface area contributed by atoms with Gasteiger partial charge in [-0.05, 0) is 194 Å². The molecule has 0 aliphatic heterocycles. The van der Waals surface area contributed by atoms with Crippen molar-refractivity contribution in [3.8, 4) is 56.4 Å². The third-order valence-corrected chi connectivity index (χ3v) is 27.8. The molecule has 127 heavy (non-hydrogen) atoms. The van der Waals surface area contributed by atoms with E-state index >= 15 is 0 Å². The number of para-hydroxylation sites is 9. The van der Waals surface area contributed by atoms with Gasteiger partial charge in [0.1, 0.15) is 0 Å². The predicted molar refractivity (Wildman–Crippen MR) is 542 cm³/mol. The Morgan fingerprint density at radius 2 is 0.417 bits per heavy atom. The summed E-state index contributed by atoms with van der Waals surface area (Å²) < 4.78 is 17.2. The van der Waals surface area contributed by atoms with E-state index in [0.717, 1.165) is 0 Å². The Hall–Kier alpha value is -16.6. The van der Waals surface area contributed by atoms with E-state index in [1.165, 1.54) is 240 Å². The minimum absolute atomic E-state index is 1.17. The Bertz CT molecular complexity index is 9270. The Kier molecular flexibility index (Phi) is 16.5. The van der Waals surface area contributed by atoms with E-state index in [0.29, 0.717) is 0 Å². The second-order valence-electron chi connectivity index (χ2n) is 33.3. The Labute approximate surface area is 734 Å². The first-order chi connectivity index (χ1) is 63.1. The van der Waals surface area contributed by atoms with Gasteiger partial charge in [0.05, 0.1) is 76.6 Å². The topological polar surface area (TPSA) is 29.6 Å². The van der Waals surface area contributed by atoms with Gasteiger partial charge in [-0.1, -0.05) is 322 Å². The Balaban J connectivity index is 0.000000101. The summed E-state index contributed by atoms with van der Waals surface area (Å²) in [4.78, 5) is 0. The van der Waals surface area contributed by atoms with Crippen molar-refractivity contribution < 1.29 is 0 Å². The van der Waals surface area contributed by atoms with Crippen molar-refractivity contribution in [2.45, 2.75) is 0 Å². The summed E-state index contributed by atoms with van der Waals surface area (Å²) in [7, 11) is 0. The molecule has 0 N–H and O–H groups in total. The third-order valence-electron chi connectivity index (χ3n) is 26.5. The maximum atomic E-state index is 2.50. The molecule has 0 unspecified atom stereocenters. The van der Waals surface area contributed by atoms with E-state index in [1.54, 1.807) is 0 Å². The number of hydrogen-bond donors (Lipinski definition) is 0. The second-order valence-corrected chi connectivity index (χ2v) is 34.3. The average molecular weight is 1630 g/mol. The Morgan fingerprint density at radius 3 is 0.850 bits per heavy atom. The van der Waals surface area contributed by atoms with Crippen LogP contribution in [0.1, 0.15) is 0 Å². The van der Waals surface area contributed by atoms with Gasteiger partial charge in [0, 0.05) is 109 Å². The lowest BCUT2D eigenvalue weighted by molar-refractivity contribution is 1.17. The summed E-state index contributed by atoms with van der Waals surface area (Å²) >= 11 is 1.91. The smallest absolute Gasteiger partial charge is 0.0640 e. The van der Waals surface area contributed by atoms with Crippen LogP contribution in [0.4, 0.5) is 0 Å². The standard InChI is InChI=1S/C42H26N2S.C42H26N2.C36H24N2/c1-3-13-27(14-4-1)29-19-11-20-30-31-21-12-24-38(42(31)45-41(29)30)44-35-23-10-8-18-33(35)40-37(44)26-25-36-39(40)32-17-7-9-22-34(32)43(36)28-15-5-2-6-16-28;1-2-12-27(13-3-1)43-39-20-10-8-18-34(39)37-26-42-38(25-41(37)43)35-19-9-11-21-40(35)44(42)28-22-23-33-31-16-5-4-14-29(31)30-15-6-7-17-32(30)36(33)24-28;1-3-11-25(12-4-1)26-19-21-28(22-20-26)38-34-18-10-8-16-30(34)32-23-35-31(24-36(32)38)29-15-7-9-17-33(29)37(35)27-13-5-2-6-14-27/h1-26H;1-26H;1-24H. The molecule has 0 aliphatic rings. The van der Waals surface area contributed by atoms with Gasteiger partial charge in [0.25, 0.3) is 0 Å². The van der Waals surface area contributed by atoms with E-state index in [9.17, 15) is 0 Å². The molecule has 28 aromatic rings. The van der Waals surface area contributed by atoms with Crippen LogP contribution in [0, 0.1) is 0 Å². The molecule has 28 rings (SSSR count). The van der Waals surface area contributed by atoms with Crippen LogP contribution in [-0.2, 0) is 0 Å². The normalized spacial score (nSPS) is 11.9. The van der Waals surface area contributed by atoms with Crippen LogP contribution in [0.25, 0.3) is 240 Å². The van der Waals surface area contributed by atoms with Crippen molar-refractivity contribution in [1.29, 1.82) is 0 Å². The molecule has 592 valence electrons. The molecule has 6 nitrogen and oxygen atoms in total. The molecule has 0 saturated carbocycles. The van der Waals surface area contributed by atoms with E-state index in [-0.39, 0.29) is 0 Å². The average Bonchev–Trinajstić information content (AvgIpc) is 1.55. The van der Waals surface area contributed by atoms with Gasteiger partial charge < -0.3 is 27.4 Å². The molecule has 0 fully saturated rings. The zero-order valence-corrected chi connectivity index (χ0v) is 69.8. The highest BCUT2D eigenvalue weighted by Gasteiger charge is 2.26. The van der Waals surface area contributed by atoms with Crippen molar-refractivity contribution in [1.82, 2.24) is 27.4 Å². The number of nitrogens with zero attached hydrogens (tertiary/aromatic N) is 6. The third kappa shape index (κ3) is 11.2. The largest absolute Gasteiger partial charge is 0.309 e. The zero-order valence-electron chi connectivity index (χ0n) is 69.0. The molecule has 7 aromatic heterocycles. The van der Waals surface area contributed by atoms with Gasteiger partial charge in [0.2, 0.25) is 0 Å². The molecule has 0 amide bonds. The lowest BCUT2D eigenvalue weighted by Gasteiger charge is -2.14. The second kappa shape index (κ2) is 29.0. The summed E-state index contributed by atoms with van der Waals surface area (Å²) in [5.41, 5.74) is 26.8. The quantitative estimate of drug-likeness (QED) is 0.136. The minimum Gasteiger partial charge on any atom is -0.309 e. The van der Waals surface area contributed by atoms with Gasteiger partial charge in [-0.2, -0.15) is 0 Å². The first-order valence-electron chi connectivity index (χ1n) is 43.6. The highest BCUT2D eigenvalue weighted by molar-refractivity contribution is 7.26. The maximum Gasteiger partial charge on any atom is 0.0640 e. The fourth-order valence-corrected chi connectivity index (χ4v) is 22.4. The van der Waals surface area contributed by atoms with Crippen LogP contribution in [0.3, 0.4) is 0 Å². The number of benzene rings is 21. The zero-order chi connectivity index (χ0) is 83.3. The van der Waals surface area contributed by atoms with Crippen molar-refractivity contribution in [2.24, 2.45) is 0 Å². The molecule has 7 heterocycles. The fourth-order valence-electron chi connectivity index (χ4n) is 21.1. The number of fused-ring (bicyclic) bond motifs is 28. The van der Waals surface area contributed by atoms with E-state index in [1.807, 2.05) is 11.3 Å². The predicted octanol–water partition coefficient (Wildman–Crippen LogP) is 32.8. The molecule has 0 bridgehead atoms. The fraction of sp³-hybridized carbons (Fsp3) is 0. The first-order valence-corrected chi connectivity index (χ1v) is 44.4. The van der Waals surface area contributed by atoms with Crippen molar-refractivity contribution in [3.63, 3.8) is 0 Å². The summed E-state index contributed by atoms with van der Waals surface area (Å²) in [6, 6.07) is 168. The van der Waals surface area contributed by atoms with Crippen LogP contribution in [-0.4, -0.2) is 27.4 Å².